The summed E-state index contributed by atoms with van der Waals surface area (Å²) in [5, 5.41) is 2.98. The van der Waals surface area contributed by atoms with Crippen molar-refractivity contribution < 1.29 is 4.79 Å². The molecule has 1 atom stereocenters. The van der Waals surface area contributed by atoms with E-state index in [-0.39, 0.29) is 11.2 Å². The summed E-state index contributed by atoms with van der Waals surface area (Å²) in [6, 6.07) is 0. The Labute approximate surface area is 101 Å². The van der Waals surface area contributed by atoms with Crippen LogP contribution in [0, 0.1) is 0 Å². The highest BCUT2D eigenvalue weighted by molar-refractivity contribution is 8.00. The lowest BCUT2D eigenvalue weighted by atomic mass is 10.1. The van der Waals surface area contributed by atoms with Crippen LogP contribution in [0.5, 0.6) is 0 Å². The van der Waals surface area contributed by atoms with Gasteiger partial charge in [-0.15, -0.1) is 11.8 Å². The van der Waals surface area contributed by atoms with Crippen LogP contribution in [0.4, 0.5) is 0 Å². The molecule has 0 bridgehead atoms. The van der Waals surface area contributed by atoms with Crippen molar-refractivity contribution in [2.24, 2.45) is 5.73 Å². The number of nitrogens with two attached hydrogens (primary N) is 1. The second-order valence-corrected chi connectivity index (χ2v) is 6.08. The maximum atomic E-state index is 11.9. The van der Waals surface area contributed by atoms with Crippen molar-refractivity contribution in [2.75, 3.05) is 5.75 Å². The zero-order chi connectivity index (χ0) is 11.5. The topological polar surface area (TPSA) is 55.1 Å². The first-order valence-electron chi connectivity index (χ1n) is 5.17. The van der Waals surface area contributed by atoms with Crippen LogP contribution < -0.4 is 11.1 Å². The third-order valence-corrected chi connectivity index (χ3v) is 4.41. The van der Waals surface area contributed by atoms with Gasteiger partial charge < -0.3 is 11.1 Å². The van der Waals surface area contributed by atoms with Crippen LogP contribution in [-0.2, 0) is 4.79 Å². The summed E-state index contributed by atoms with van der Waals surface area (Å²) in [4.78, 5) is 12.2. The fourth-order valence-corrected chi connectivity index (χ4v) is 2.65. The van der Waals surface area contributed by atoms with Crippen molar-refractivity contribution in [1.29, 1.82) is 0 Å². The molecule has 0 aromatic heterocycles. The van der Waals surface area contributed by atoms with Crippen LogP contribution >= 0.6 is 24.0 Å². The number of rotatable bonds is 3. The molecule has 0 aromatic carbocycles. The zero-order valence-corrected chi connectivity index (χ0v) is 10.8. The minimum absolute atomic E-state index is 0.0671. The lowest BCUT2D eigenvalue weighted by Crippen LogP contribution is -2.54. The number of amides is 1. The van der Waals surface area contributed by atoms with Crippen LogP contribution in [0.25, 0.3) is 0 Å². The maximum absolute atomic E-state index is 11.9. The van der Waals surface area contributed by atoms with Gasteiger partial charge in [-0.2, -0.15) is 0 Å². The maximum Gasteiger partial charge on any atom is 0.233 e. The van der Waals surface area contributed by atoms with Crippen molar-refractivity contribution in [1.82, 2.24) is 5.32 Å². The normalized spacial score (nSPS) is 22.1. The molecule has 1 amide bonds. The van der Waals surface area contributed by atoms with Crippen molar-refractivity contribution in [2.45, 2.75) is 43.9 Å². The van der Waals surface area contributed by atoms with E-state index in [9.17, 15) is 4.79 Å². The van der Waals surface area contributed by atoms with Gasteiger partial charge in [-0.3, -0.25) is 4.79 Å². The predicted octanol–water partition coefficient (Wildman–Crippen LogP) is 1.45. The molecule has 3 nitrogen and oxygen atoms in total. The molecule has 0 aromatic rings. The highest BCUT2D eigenvalue weighted by atomic mass is 32.2. The zero-order valence-electron chi connectivity index (χ0n) is 9.21. The molecule has 3 N–H and O–H groups in total. The number of thiocarbonyl (C=S) groups is 1. The molecule has 0 aliphatic carbocycles. The van der Waals surface area contributed by atoms with Crippen molar-refractivity contribution >= 4 is 34.9 Å². The lowest BCUT2D eigenvalue weighted by Gasteiger charge is -2.28. The molecule has 1 fully saturated rings. The Bertz CT molecular complexity index is 260. The van der Waals surface area contributed by atoms with E-state index in [1.807, 2.05) is 13.8 Å². The Morgan fingerprint density at radius 3 is 2.67 bits per heavy atom. The summed E-state index contributed by atoms with van der Waals surface area (Å²) in [5.41, 5.74) is 4.98. The summed E-state index contributed by atoms with van der Waals surface area (Å²) < 4.78 is 0. The number of nitrogens with one attached hydrogen (secondary N) is 1. The molecular weight excluding hydrogens is 228 g/mol. The monoisotopic (exact) mass is 246 g/mol. The van der Waals surface area contributed by atoms with Gasteiger partial charge in [0.1, 0.15) is 0 Å². The van der Waals surface area contributed by atoms with Gasteiger partial charge >= 0.3 is 0 Å². The lowest BCUT2D eigenvalue weighted by molar-refractivity contribution is -0.121. The SMILES string of the molecule is CC(C)(NC(=O)C1CCCCS1)C(N)=S. The average Bonchev–Trinajstić information content (AvgIpc) is 2.18. The molecule has 1 aliphatic rings. The third kappa shape index (κ3) is 3.65. The Balaban J connectivity index is 2.50. The van der Waals surface area contributed by atoms with E-state index in [0.717, 1.165) is 18.6 Å². The van der Waals surface area contributed by atoms with E-state index in [4.69, 9.17) is 18.0 Å². The molecule has 5 heteroatoms. The van der Waals surface area contributed by atoms with Crippen molar-refractivity contribution in [3.8, 4) is 0 Å². The molecule has 1 unspecified atom stereocenters. The summed E-state index contributed by atoms with van der Waals surface area (Å²) >= 11 is 6.64. The van der Waals surface area contributed by atoms with Gasteiger partial charge in [0.25, 0.3) is 0 Å². The number of carbonyl (C=O) groups excluding carboxylic acids is 1. The number of hydrogen-bond donors (Lipinski definition) is 2. The van der Waals surface area contributed by atoms with Crippen LogP contribution in [0.2, 0.25) is 0 Å². The van der Waals surface area contributed by atoms with E-state index in [1.165, 1.54) is 6.42 Å². The average molecular weight is 246 g/mol. The minimum atomic E-state index is -0.579. The quantitative estimate of drug-likeness (QED) is 0.740. The Hall–Kier alpha value is -0.290. The highest BCUT2D eigenvalue weighted by Gasteiger charge is 2.29. The van der Waals surface area contributed by atoms with Gasteiger partial charge in [-0.25, -0.2) is 0 Å². The number of carbonyl (C=O) groups is 1. The molecule has 0 spiro atoms. The van der Waals surface area contributed by atoms with Gasteiger partial charge in [0, 0.05) is 0 Å². The second-order valence-electron chi connectivity index (χ2n) is 4.33. The van der Waals surface area contributed by atoms with Crippen LogP contribution in [0.3, 0.4) is 0 Å². The Kier molecular flexibility index (Phi) is 4.40. The first-order valence-corrected chi connectivity index (χ1v) is 6.63. The van der Waals surface area contributed by atoms with Crippen molar-refractivity contribution in [3.05, 3.63) is 0 Å². The van der Waals surface area contributed by atoms with Crippen LogP contribution in [-0.4, -0.2) is 27.4 Å². The summed E-state index contributed by atoms with van der Waals surface area (Å²) in [5.74, 6) is 1.14. The summed E-state index contributed by atoms with van der Waals surface area (Å²) in [6.45, 7) is 3.67. The summed E-state index contributed by atoms with van der Waals surface area (Å²) in [6.07, 6.45) is 3.32. The standard InChI is InChI=1S/C10H18N2OS2/c1-10(2,9(11)14)12-8(13)7-5-3-4-6-15-7/h7H,3-6H2,1-2H3,(H2,11,14)(H,12,13). The first-order chi connectivity index (χ1) is 6.93. The fraction of sp³-hybridized carbons (Fsp3) is 0.800. The number of hydrogen-bond acceptors (Lipinski definition) is 3. The van der Waals surface area contributed by atoms with E-state index in [0.29, 0.717) is 4.99 Å². The summed E-state index contributed by atoms with van der Waals surface area (Å²) in [7, 11) is 0. The Morgan fingerprint density at radius 2 is 2.20 bits per heavy atom. The van der Waals surface area contributed by atoms with Gasteiger partial charge in [0.2, 0.25) is 5.91 Å². The molecule has 1 heterocycles. The second kappa shape index (κ2) is 5.16. The fourth-order valence-electron chi connectivity index (χ4n) is 1.40. The smallest absolute Gasteiger partial charge is 0.233 e. The Morgan fingerprint density at radius 1 is 1.53 bits per heavy atom. The molecule has 1 aliphatic heterocycles. The van der Waals surface area contributed by atoms with E-state index >= 15 is 0 Å². The highest BCUT2D eigenvalue weighted by Crippen LogP contribution is 2.25. The van der Waals surface area contributed by atoms with Gasteiger partial charge in [0.15, 0.2) is 0 Å². The molecule has 1 saturated heterocycles. The van der Waals surface area contributed by atoms with E-state index < -0.39 is 5.54 Å². The van der Waals surface area contributed by atoms with E-state index in [2.05, 4.69) is 5.32 Å². The third-order valence-electron chi connectivity index (χ3n) is 2.52. The largest absolute Gasteiger partial charge is 0.391 e. The molecule has 1 rings (SSSR count). The van der Waals surface area contributed by atoms with Gasteiger partial charge in [-0.1, -0.05) is 18.6 Å². The van der Waals surface area contributed by atoms with Crippen molar-refractivity contribution in [3.63, 3.8) is 0 Å². The molecule has 15 heavy (non-hydrogen) atoms. The molecular formula is C10H18N2OS2. The van der Waals surface area contributed by atoms with Crippen LogP contribution in [0.1, 0.15) is 33.1 Å². The van der Waals surface area contributed by atoms with E-state index in [1.54, 1.807) is 11.8 Å². The molecule has 86 valence electrons. The molecule has 0 radical (unpaired) electrons. The predicted molar refractivity (Wildman–Crippen MR) is 69.1 cm³/mol. The van der Waals surface area contributed by atoms with Crippen LogP contribution in [0.15, 0.2) is 0 Å². The van der Waals surface area contributed by atoms with Gasteiger partial charge in [-0.05, 0) is 32.4 Å². The number of thioether (sulfide) groups is 1. The minimum Gasteiger partial charge on any atom is -0.391 e. The first kappa shape index (κ1) is 12.8. The van der Waals surface area contributed by atoms with Gasteiger partial charge in [0.05, 0.1) is 15.8 Å². The molecule has 0 saturated carbocycles.